The molecule has 10 heteroatoms. The molecule has 2 heterocycles. The number of carbonyl (C=O) groups excluding carboxylic acids is 1. The lowest BCUT2D eigenvalue weighted by atomic mass is 10.0. The number of alkyl halides is 3. The van der Waals surface area contributed by atoms with Crippen LogP contribution in [-0.2, 0) is 24.7 Å². The Labute approximate surface area is 223 Å². The summed E-state index contributed by atoms with van der Waals surface area (Å²) in [6.07, 6.45) is -4.12. The van der Waals surface area contributed by atoms with E-state index in [2.05, 4.69) is 17.2 Å². The molecule has 1 aliphatic heterocycles. The Bertz CT molecular complexity index is 1500. The molecule has 0 bridgehead atoms. The first kappa shape index (κ1) is 27.9. The Morgan fingerprint density at radius 3 is 2.31 bits per heavy atom. The SMILES string of the molecule is CC#CC(C)(C)n1c(NC(C)c2ccc(C(F)(F)F)cc2)nc2c(c1=O)CN(C(=O)c1ccc(F)cc1)CC2. The summed E-state index contributed by atoms with van der Waals surface area (Å²) in [5.74, 6) is 5.31. The molecule has 1 atom stereocenters. The first-order valence-corrected chi connectivity index (χ1v) is 12.4. The number of amides is 1. The predicted molar refractivity (Wildman–Crippen MR) is 140 cm³/mol. The van der Waals surface area contributed by atoms with Crippen LogP contribution in [0.15, 0.2) is 53.3 Å². The maximum atomic E-state index is 13.9. The Morgan fingerprint density at radius 1 is 1.08 bits per heavy atom. The molecule has 1 aliphatic rings. The number of rotatable bonds is 5. The van der Waals surface area contributed by atoms with Crippen LogP contribution in [0, 0.1) is 17.7 Å². The molecule has 0 saturated carbocycles. The Balaban J connectivity index is 1.70. The molecule has 3 aromatic rings. The van der Waals surface area contributed by atoms with Gasteiger partial charge in [-0.3, -0.25) is 14.2 Å². The van der Waals surface area contributed by atoms with Gasteiger partial charge in [-0.2, -0.15) is 13.2 Å². The van der Waals surface area contributed by atoms with Gasteiger partial charge >= 0.3 is 6.18 Å². The van der Waals surface area contributed by atoms with Crippen molar-refractivity contribution >= 4 is 11.9 Å². The zero-order valence-corrected chi connectivity index (χ0v) is 22.0. The van der Waals surface area contributed by atoms with Crippen LogP contribution >= 0.6 is 0 Å². The van der Waals surface area contributed by atoms with Gasteiger partial charge in [-0.25, -0.2) is 9.37 Å². The summed E-state index contributed by atoms with van der Waals surface area (Å²) in [6.45, 7) is 7.28. The van der Waals surface area contributed by atoms with Crippen LogP contribution in [0.25, 0.3) is 0 Å². The fourth-order valence-electron chi connectivity index (χ4n) is 4.64. The fraction of sp³-hybridized carbons (Fsp3) is 0.345. The van der Waals surface area contributed by atoms with E-state index in [-0.39, 0.29) is 24.0 Å². The third kappa shape index (κ3) is 5.82. The normalized spacial score (nSPS) is 14.2. The van der Waals surface area contributed by atoms with E-state index in [1.54, 1.807) is 27.7 Å². The van der Waals surface area contributed by atoms with Crippen LogP contribution in [0.5, 0.6) is 0 Å². The quantitative estimate of drug-likeness (QED) is 0.341. The lowest BCUT2D eigenvalue weighted by Crippen LogP contribution is -2.45. The van der Waals surface area contributed by atoms with Gasteiger partial charge in [-0.15, -0.1) is 5.92 Å². The molecule has 1 unspecified atom stereocenters. The molecule has 6 nitrogen and oxygen atoms in total. The summed E-state index contributed by atoms with van der Waals surface area (Å²) in [7, 11) is 0. The number of fused-ring (bicyclic) bond motifs is 1. The van der Waals surface area contributed by atoms with Crippen LogP contribution < -0.4 is 10.9 Å². The van der Waals surface area contributed by atoms with Gasteiger partial charge in [0.1, 0.15) is 11.4 Å². The van der Waals surface area contributed by atoms with E-state index in [0.717, 1.165) is 12.1 Å². The van der Waals surface area contributed by atoms with Crippen LogP contribution in [0.1, 0.15) is 66.5 Å². The number of nitrogens with zero attached hydrogens (tertiary/aromatic N) is 3. The Hall–Kier alpha value is -4.13. The number of nitrogens with one attached hydrogen (secondary N) is 1. The Morgan fingerprint density at radius 2 is 1.72 bits per heavy atom. The summed E-state index contributed by atoms with van der Waals surface area (Å²) in [6, 6.07) is 9.55. The van der Waals surface area contributed by atoms with Crippen molar-refractivity contribution in [2.75, 3.05) is 11.9 Å². The van der Waals surface area contributed by atoms with Gasteiger partial charge in [0, 0.05) is 18.5 Å². The van der Waals surface area contributed by atoms with Crippen molar-refractivity contribution in [1.29, 1.82) is 0 Å². The minimum Gasteiger partial charge on any atom is -0.349 e. The van der Waals surface area contributed by atoms with Crippen molar-refractivity contribution < 1.29 is 22.4 Å². The van der Waals surface area contributed by atoms with Crippen LogP contribution in [0.3, 0.4) is 0 Å². The van der Waals surface area contributed by atoms with Crippen molar-refractivity contribution in [2.24, 2.45) is 0 Å². The highest BCUT2D eigenvalue weighted by Gasteiger charge is 2.32. The first-order chi connectivity index (χ1) is 18.3. The molecule has 204 valence electrons. The highest BCUT2D eigenvalue weighted by atomic mass is 19.4. The summed E-state index contributed by atoms with van der Waals surface area (Å²) < 4.78 is 53.8. The number of hydrogen-bond acceptors (Lipinski definition) is 4. The smallest absolute Gasteiger partial charge is 0.349 e. The number of halogens is 4. The van der Waals surface area contributed by atoms with E-state index in [9.17, 15) is 27.2 Å². The second-order valence-corrected chi connectivity index (χ2v) is 9.90. The Kier molecular flexibility index (Phi) is 7.55. The third-order valence-electron chi connectivity index (χ3n) is 6.68. The minimum atomic E-state index is -4.44. The molecule has 0 aliphatic carbocycles. The van der Waals surface area contributed by atoms with Crippen molar-refractivity contribution in [1.82, 2.24) is 14.5 Å². The second kappa shape index (κ2) is 10.6. The van der Waals surface area contributed by atoms with Gasteiger partial charge in [0.05, 0.1) is 29.4 Å². The van der Waals surface area contributed by atoms with E-state index in [4.69, 9.17) is 4.98 Å². The average Bonchev–Trinajstić information content (AvgIpc) is 2.88. The molecule has 2 aromatic carbocycles. The maximum Gasteiger partial charge on any atom is 0.416 e. The van der Waals surface area contributed by atoms with Gasteiger partial charge < -0.3 is 10.2 Å². The first-order valence-electron chi connectivity index (χ1n) is 12.4. The molecule has 0 saturated heterocycles. The lowest BCUT2D eigenvalue weighted by Gasteiger charge is -2.32. The number of benzene rings is 2. The summed E-state index contributed by atoms with van der Waals surface area (Å²) in [5, 5.41) is 3.19. The number of hydrogen-bond donors (Lipinski definition) is 1. The third-order valence-corrected chi connectivity index (χ3v) is 6.68. The van der Waals surface area contributed by atoms with E-state index in [1.165, 1.54) is 45.9 Å². The minimum absolute atomic E-state index is 0.0295. The number of anilines is 1. The van der Waals surface area contributed by atoms with Crippen molar-refractivity contribution in [3.05, 3.63) is 92.6 Å². The van der Waals surface area contributed by atoms with Gasteiger partial charge in [-0.1, -0.05) is 18.1 Å². The number of aromatic nitrogens is 2. The molecule has 1 amide bonds. The molecule has 0 radical (unpaired) electrons. The van der Waals surface area contributed by atoms with Gasteiger partial charge in [0.15, 0.2) is 0 Å². The largest absolute Gasteiger partial charge is 0.416 e. The molecular formula is C29H28F4N4O2. The standard InChI is InChI=1S/C29H28F4N4O2/c1-5-15-28(3,4)37-26(39)23-17-36(25(38)20-8-12-22(30)13-9-20)16-14-24(23)35-27(37)34-18(2)19-6-10-21(11-7-19)29(31,32)33/h6-13,18H,14,16-17H2,1-4H3,(H,34,35). The summed E-state index contributed by atoms with van der Waals surface area (Å²) in [5.41, 5.74) is -0.324. The fourth-order valence-corrected chi connectivity index (χ4v) is 4.64. The van der Waals surface area contributed by atoms with Crippen LogP contribution in [0.4, 0.5) is 23.5 Å². The van der Waals surface area contributed by atoms with Crippen LogP contribution in [-0.4, -0.2) is 26.9 Å². The zero-order valence-electron chi connectivity index (χ0n) is 22.0. The molecular weight excluding hydrogens is 512 g/mol. The molecule has 1 aromatic heterocycles. The maximum absolute atomic E-state index is 13.9. The van der Waals surface area contributed by atoms with Crippen molar-refractivity contribution in [3.8, 4) is 11.8 Å². The topological polar surface area (TPSA) is 67.2 Å². The van der Waals surface area contributed by atoms with E-state index >= 15 is 0 Å². The molecule has 1 N–H and O–H groups in total. The average molecular weight is 541 g/mol. The number of carbonyl (C=O) groups is 1. The second-order valence-electron chi connectivity index (χ2n) is 9.90. The van der Waals surface area contributed by atoms with E-state index < -0.39 is 29.1 Å². The molecule has 4 rings (SSSR count). The van der Waals surface area contributed by atoms with Gasteiger partial charge in [0.25, 0.3) is 11.5 Å². The van der Waals surface area contributed by atoms with Crippen molar-refractivity contribution in [3.63, 3.8) is 0 Å². The van der Waals surface area contributed by atoms with E-state index in [0.29, 0.717) is 35.3 Å². The highest BCUT2D eigenvalue weighted by Crippen LogP contribution is 2.31. The zero-order chi connectivity index (χ0) is 28.5. The van der Waals surface area contributed by atoms with Gasteiger partial charge in [0.2, 0.25) is 5.95 Å². The van der Waals surface area contributed by atoms with Crippen LogP contribution in [0.2, 0.25) is 0 Å². The van der Waals surface area contributed by atoms with Crippen molar-refractivity contribution in [2.45, 2.75) is 58.4 Å². The molecule has 0 spiro atoms. The summed E-state index contributed by atoms with van der Waals surface area (Å²) in [4.78, 5) is 33.2. The predicted octanol–water partition coefficient (Wildman–Crippen LogP) is 5.53. The summed E-state index contributed by atoms with van der Waals surface area (Å²) >= 11 is 0. The molecule has 39 heavy (non-hydrogen) atoms. The highest BCUT2D eigenvalue weighted by molar-refractivity contribution is 5.94. The lowest BCUT2D eigenvalue weighted by molar-refractivity contribution is -0.137. The molecule has 0 fully saturated rings. The van der Waals surface area contributed by atoms with E-state index in [1.807, 2.05) is 0 Å². The monoisotopic (exact) mass is 540 g/mol. The van der Waals surface area contributed by atoms with Gasteiger partial charge in [-0.05, 0) is 69.7 Å².